The number of fused-ring (bicyclic) bond motifs is 1. The Morgan fingerprint density at radius 1 is 1.07 bits per heavy atom. The summed E-state index contributed by atoms with van der Waals surface area (Å²) >= 11 is 9.33. The molecule has 1 aliphatic rings. The van der Waals surface area contributed by atoms with Crippen molar-refractivity contribution in [3.8, 4) is 11.5 Å². The Labute approximate surface area is 180 Å². The van der Waals surface area contributed by atoms with Crippen LogP contribution in [0.4, 0.5) is 0 Å². The van der Waals surface area contributed by atoms with Gasteiger partial charge in [-0.05, 0) is 48.0 Å². The molecule has 4 nitrogen and oxygen atoms in total. The van der Waals surface area contributed by atoms with Crippen LogP contribution in [0.3, 0.4) is 0 Å². The maximum atomic E-state index is 12.6. The zero-order valence-corrected chi connectivity index (χ0v) is 17.4. The Kier molecular flexibility index (Phi) is 5.51. The molecule has 0 saturated heterocycles. The number of allylic oxidation sites excluding steroid dienone is 1. The van der Waals surface area contributed by atoms with Crippen LogP contribution >= 0.6 is 27.5 Å². The molecule has 0 fully saturated rings. The number of rotatable bonds is 5. The molecule has 0 spiro atoms. The molecule has 1 heterocycles. The summed E-state index contributed by atoms with van der Waals surface area (Å²) in [5, 5.41) is 0.577. The molecular weight excluding hydrogens is 456 g/mol. The van der Waals surface area contributed by atoms with Gasteiger partial charge in [0.2, 0.25) is 5.78 Å². The lowest BCUT2D eigenvalue weighted by Crippen LogP contribution is -2.11. The van der Waals surface area contributed by atoms with Gasteiger partial charge in [0, 0.05) is 21.1 Å². The summed E-state index contributed by atoms with van der Waals surface area (Å²) in [5.74, 6) is 0.710. The highest BCUT2D eigenvalue weighted by molar-refractivity contribution is 9.10. The molecule has 0 aromatic heterocycles. The normalized spacial score (nSPS) is 13.9. The molecule has 0 N–H and O–H groups in total. The van der Waals surface area contributed by atoms with E-state index >= 15 is 0 Å². The SMILES string of the molecule is O=C(COc1ccc2c(c1)OC(=Cc1cccc(Cl)c1)C2=O)c1ccc(Br)cc1. The van der Waals surface area contributed by atoms with Crippen LogP contribution in [0.5, 0.6) is 11.5 Å². The lowest BCUT2D eigenvalue weighted by Gasteiger charge is -2.07. The van der Waals surface area contributed by atoms with Gasteiger partial charge in [-0.2, -0.15) is 0 Å². The first-order valence-corrected chi connectivity index (χ1v) is 9.92. The van der Waals surface area contributed by atoms with E-state index in [9.17, 15) is 9.59 Å². The Hall–Kier alpha value is -2.89. The quantitative estimate of drug-likeness (QED) is 0.341. The first-order chi connectivity index (χ1) is 14.0. The summed E-state index contributed by atoms with van der Waals surface area (Å²) in [6.45, 7) is -0.112. The molecule has 0 saturated carbocycles. The number of carbonyl (C=O) groups excluding carboxylic acids is 2. The summed E-state index contributed by atoms with van der Waals surface area (Å²) in [4.78, 5) is 24.8. The van der Waals surface area contributed by atoms with E-state index in [1.165, 1.54) is 0 Å². The highest BCUT2D eigenvalue weighted by atomic mass is 79.9. The molecule has 0 aliphatic carbocycles. The highest BCUT2D eigenvalue weighted by Crippen LogP contribution is 2.35. The third-order valence-electron chi connectivity index (χ3n) is 4.32. The Morgan fingerprint density at radius 3 is 2.62 bits per heavy atom. The van der Waals surface area contributed by atoms with Crippen molar-refractivity contribution in [1.82, 2.24) is 0 Å². The van der Waals surface area contributed by atoms with Crippen LogP contribution in [0.1, 0.15) is 26.3 Å². The second-order valence-corrected chi connectivity index (χ2v) is 7.72. The molecule has 0 amide bonds. The highest BCUT2D eigenvalue weighted by Gasteiger charge is 2.27. The summed E-state index contributed by atoms with van der Waals surface area (Å²) < 4.78 is 12.2. The number of hydrogen-bond donors (Lipinski definition) is 0. The van der Waals surface area contributed by atoms with Crippen LogP contribution in [0.25, 0.3) is 6.08 Å². The molecule has 0 unspecified atom stereocenters. The van der Waals surface area contributed by atoms with Gasteiger partial charge in [-0.3, -0.25) is 9.59 Å². The fourth-order valence-corrected chi connectivity index (χ4v) is 3.34. The number of Topliss-reactive ketones (excluding diaryl/α,β-unsaturated/α-hetero) is 2. The second kappa shape index (κ2) is 8.23. The van der Waals surface area contributed by atoms with Gasteiger partial charge in [-0.25, -0.2) is 0 Å². The molecule has 0 atom stereocenters. The smallest absolute Gasteiger partial charge is 0.231 e. The van der Waals surface area contributed by atoms with E-state index in [1.54, 1.807) is 66.7 Å². The molecule has 6 heteroatoms. The van der Waals surface area contributed by atoms with Crippen molar-refractivity contribution in [3.05, 3.63) is 98.7 Å². The number of carbonyl (C=O) groups is 2. The van der Waals surface area contributed by atoms with Crippen molar-refractivity contribution >= 4 is 45.2 Å². The van der Waals surface area contributed by atoms with Crippen LogP contribution in [0, 0.1) is 0 Å². The van der Waals surface area contributed by atoms with Gasteiger partial charge in [0.05, 0.1) is 5.56 Å². The van der Waals surface area contributed by atoms with Crippen molar-refractivity contribution in [2.75, 3.05) is 6.61 Å². The van der Waals surface area contributed by atoms with Gasteiger partial charge in [0.15, 0.2) is 18.1 Å². The van der Waals surface area contributed by atoms with Crippen molar-refractivity contribution in [2.45, 2.75) is 0 Å². The van der Waals surface area contributed by atoms with E-state index < -0.39 is 0 Å². The summed E-state index contributed by atoms with van der Waals surface area (Å²) in [5.41, 5.74) is 1.78. The first-order valence-electron chi connectivity index (χ1n) is 8.75. The van der Waals surface area contributed by atoms with Crippen molar-refractivity contribution in [3.63, 3.8) is 0 Å². The molecule has 0 radical (unpaired) electrons. The van der Waals surface area contributed by atoms with Crippen LogP contribution < -0.4 is 9.47 Å². The predicted molar refractivity (Wildman–Crippen MR) is 115 cm³/mol. The largest absolute Gasteiger partial charge is 0.485 e. The molecule has 144 valence electrons. The van der Waals surface area contributed by atoms with E-state index in [-0.39, 0.29) is 23.9 Å². The lowest BCUT2D eigenvalue weighted by atomic mass is 10.1. The average molecular weight is 470 g/mol. The van der Waals surface area contributed by atoms with Crippen LogP contribution in [0.2, 0.25) is 5.02 Å². The third kappa shape index (κ3) is 4.42. The lowest BCUT2D eigenvalue weighted by molar-refractivity contribution is 0.0921. The summed E-state index contributed by atoms with van der Waals surface area (Å²) in [6, 6.07) is 19.1. The topological polar surface area (TPSA) is 52.6 Å². The molecule has 0 bridgehead atoms. The second-order valence-electron chi connectivity index (χ2n) is 6.37. The van der Waals surface area contributed by atoms with Gasteiger partial charge in [0.1, 0.15) is 11.5 Å². The average Bonchev–Trinajstić information content (AvgIpc) is 3.01. The van der Waals surface area contributed by atoms with Gasteiger partial charge in [-0.1, -0.05) is 51.8 Å². The van der Waals surface area contributed by atoms with Gasteiger partial charge in [-0.15, -0.1) is 0 Å². The van der Waals surface area contributed by atoms with Crippen LogP contribution in [-0.2, 0) is 0 Å². The molecule has 4 rings (SSSR count). The standard InChI is InChI=1S/C23H14BrClO4/c24-16-6-4-15(5-7-16)20(26)13-28-18-8-9-19-21(12-18)29-22(23(19)27)11-14-2-1-3-17(25)10-14/h1-12H,13H2. The molecule has 29 heavy (non-hydrogen) atoms. The minimum absolute atomic E-state index is 0.112. The predicted octanol–water partition coefficient (Wildman–Crippen LogP) is 5.98. The summed E-state index contributed by atoms with van der Waals surface area (Å²) in [7, 11) is 0. The fourth-order valence-electron chi connectivity index (χ4n) is 2.87. The first kappa shape index (κ1) is 19.4. The zero-order valence-electron chi connectivity index (χ0n) is 15.0. The Morgan fingerprint density at radius 2 is 1.86 bits per heavy atom. The number of ketones is 2. The Balaban J connectivity index is 1.47. The monoisotopic (exact) mass is 468 g/mol. The van der Waals surface area contributed by atoms with Crippen molar-refractivity contribution in [1.29, 1.82) is 0 Å². The third-order valence-corrected chi connectivity index (χ3v) is 5.09. The van der Waals surface area contributed by atoms with Gasteiger partial charge < -0.3 is 9.47 Å². The van der Waals surface area contributed by atoms with E-state index in [1.807, 2.05) is 6.07 Å². The maximum absolute atomic E-state index is 12.6. The fraction of sp³-hybridized carbons (Fsp3) is 0.0435. The van der Waals surface area contributed by atoms with Crippen molar-refractivity contribution in [2.24, 2.45) is 0 Å². The molecule has 3 aromatic rings. The van der Waals surface area contributed by atoms with Crippen molar-refractivity contribution < 1.29 is 19.1 Å². The Bertz CT molecular complexity index is 1140. The van der Waals surface area contributed by atoms with Gasteiger partial charge in [0.25, 0.3) is 0 Å². The molecule has 1 aliphatic heterocycles. The number of hydrogen-bond acceptors (Lipinski definition) is 4. The number of ether oxygens (including phenoxy) is 2. The summed E-state index contributed by atoms with van der Waals surface area (Å²) in [6.07, 6.45) is 1.64. The van der Waals surface area contributed by atoms with Crippen LogP contribution in [-0.4, -0.2) is 18.2 Å². The van der Waals surface area contributed by atoms with Crippen LogP contribution in [0.15, 0.2) is 77.0 Å². The number of halogens is 2. The minimum Gasteiger partial charge on any atom is -0.485 e. The number of benzene rings is 3. The van der Waals surface area contributed by atoms with E-state index in [0.717, 1.165) is 10.0 Å². The van der Waals surface area contributed by atoms with E-state index in [4.69, 9.17) is 21.1 Å². The maximum Gasteiger partial charge on any atom is 0.231 e. The molecule has 3 aromatic carbocycles. The zero-order chi connectivity index (χ0) is 20.4. The van der Waals surface area contributed by atoms with E-state index in [0.29, 0.717) is 27.6 Å². The minimum atomic E-state index is -0.211. The van der Waals surface area contributed by atoms with Gasteiger partial charge >= 0.3 is 0 Å². The molecular formula is C23H14BrClO4. The van der Waals surface area contributed by atoms with E-state index in [2.05, 4.69) is 15.9 Å².